The van der Waals surface area contributed by atoms with Crippen LogP contribution in [0.2, 0.25) is 5.02 Å². The Morgan fingerprint density at radius 3 is 2.50 bits per heavy atom. The van der Waals surface area contributed by atoms with E-state index in [1.807, 2.05) is 37.3 Å². The summed E-state index contributed by atoms with van der Waals surface area (Å²) < 4.78 is 14.5. The fourth-order valence-electron chi connectivity index (χ4n) is 2.18. The Bertz CT molecular complexity index is 589. The molecule has 0 bridgehead atoms. The lowest BCUT2D eigenvalue weighted by atomic mass is 9.92. The smallest absolute Gasteiger partial charge is 0.148 e. The van der Waals surface area contributed by atoms with E-state index in [0.29, 0.717) is 10.9 Å². The molecule has 0 saturated carbocycles. The van der Waals surface area contributed by atoms with Crippen LogP contribution >= 0.6 is 27.5 Å². The molecule has 0 heterocycles. The largest absolute Gasteiger partial charge is 0.388 e. The van der Waals surface area contributed by atoms with Crippen molar-refractivity contribution in [2.24, 2.45) is 0 Å². The molecular formula is C16H15BrClFO. The molecule has 0 saturated heterocycles. The molecule has 0 fully saturated rings. The normalized spacial score (nSPS) is 14.1. The number of benzene rings is 2. The average Bonchev–Trinajstić information content (AvgIpc) is 2.45. The number of aliphatic hydroxyl groups is 1. The maximum absolute atomic E-state index is 14.0. The van der Waals surface area contributed by atoms with Gasteiger partial charge in [-0.25, -0.2) is 4.39 Å². The second-order valence-electron chi connectivity index (χ2n) is 4.83. The van der Waals surface area contributed by atoms with Gasteiger partial charge in [-0.3, -0.25) is 0 Å². The maximum atomic E-state index is 14.0. The van der Waals surface area contributed by atoms with Gasteiger partial charge < -0.3 is 5.11 Å². The van der Waals surface area contributed by atoms with Crippen LogP contribution in [0.3, 0.4) is 0 Å². The van der Waals surface area contributed by atoms with Crippen molar-refractivity contribution >= 4 is 27.5 Å². The van der Waals surface area contributed by atoms with Gasteiger partial charge in [0, 0.05) is 10.0 Å². The summed E-state index contributed by atoms with van der Waals surface area (Å²) in [4.78, 5) is 0. The van der Waals surface area contributed by atoms with Gasteiger partial charge in [0.25, 0.3) is 0 Å². The van der Waals surface area contributed by atoms with Crippen molar-refractivity contribution < 1.29 is 9.50 Å². The monoisotopic (exact) mass is 356 g/mol. The Hall–Kier alpha value is -0.900. The van der Waals surface area contributed by atoms with Crippen molar-refractivity contribution in [3.63, 3.8) is 0 Å². The molecular weight excluding hydrogens is 343 g/mol. The van der Waals surface area contributed by atoms with Gasteiger partial charge in [0.1, 0.15) is 5.82 Å². The first-order valence-corrected chi connectivity index (χ1v) is 7.54. The fourth-order valence-corrected chi connectivity index (χ4v) is 2.66. The Morgan fingerprint density at radius 2 is 1.85 bits per heavy atom. The van der Waals surface area contributed by atoms with E-state index in [1.165, 1.54) is 0 Å². The van der Waals surface area contributed by atoms with Gasteiger partial charge in [-0.15, -0.1) is 0 Å². The van der Waals surface area contributed by atoms with Gasteiger partial charge in [-0.05, 0) is 39.9 Å². The van der Waals surface area contributed by atoms with Crippen molar-refractivity contribution in [3.8, 4) is 0 Å². The van der Waals surface area contributed by atoms with Gasteiger partial charge in [0.15, 0.2) is 0 Å². The molecule has 1 nitrogen and oxygen atoms in total. The molecule has 0 aliphatic rings. The highest BCUT2D eigenvalue weighted by molar-refractivity contribution is 9.10. The van der Waals surface area contributed by atoms with Crippen LogP contribution < -0.4 is 0 Å². The first-order valence-electron chi connectivity index (χ1n) is 6.37. The summed E-state index contributed by atoms with van der Waals surface area (Å²) in [6.07, 6.45) is -0.436. The third-order valence-electron chi connectivity index (χ3n) is 3.37. The highest BCUT2D eigenvalue weighted by atomic mass is 79.9. The summed E-state index contributed by atoms with van der Waals surface area (Å²) >= 11 is 9.01. The predicted octanol–water partition coefficient (Wildman–Crippen LogP) is 5.47. The molecule has 2 aromatic rings. The Balaban J connectivity index is 2.17. The molecule has 2 rings (SSSR count). The van der Waals surface area contributed by atoms with Crippen molar-refractivity contribution in [2.45, 2.75) is 25.4 Å². The summed E-state index contributed by atoms with van der Waals surface area (Å²) in [5.41, 5.74) is 1.36. The highest BCUT2D eigenvalue weighted by Crippen LogP contribution is 2.34. The standard InChI is InChI=1S/C16H15BrClFO/c1-10(11-5-3-2-4-6-11)9-14(20)12-7-8-13(17)15(18)16(12)19/h2-8,10,14,20H,9H2,1H3. The molecule has 106 valence electrons. The number of halogens is 3. The molecule has 2 unspecified atom stereocenters. The molecule has 0 amide bonds. The van der Waals surface area contributed by atoms with E-state index < -0.39 is 11.9 Å². The van der Waals surface area contributed by atoms with Crippen LogP contribution in [0.5, 0.6) is 0 Å². The molecule has 4 heteroatoms. The lowest BCUT2D eigenvalue weighted by Crippen LogP contribution is -2.06. The average molecular weight is 358 g/mol. The quantitative estimate of drug-likeness (QED) is 0.719. The third-order valence-corrected chi connectivity index (χ3v) is 4.63. The summed E-state index contributed by atoms with van der Waals surface area (Å²) in [6, 6.07) is 13.1. The fraction of sp³-hybridized carbons (Fsp3) is 0.250. The van der Waals surface area contributed by atoms with Crippen LogP contribution in [-0.2, 0) is 0 Å². The summed E-state index contributed by atoms with van der Waals surface area (Å²) in [5, 5.41) is 10.2. The van der Waals surface area contributed by atoms with E-state index in [2.05, 4.69) is 15.9 Å². The van der Waals surface area contributed by atoms with Crippen molar-refractivity contribution in [2.75, 3.05) is 0 Å². The van der Waals surface area contributed by atoms with Crippen LogP contribution in [-0.4, -0.2) is 5.11 Å². The molecule has 0 aliphatic carbocycles. The molecule has 0 aliphatic heterocycles. The van der Waals surface area contributed by atoms with E-state index in [4.69, 9.17) is 11.6 Å². The predicted molar refractivity (Wildman–Crippen MR) is 83.5 cm³/mol. The van der Waals surface area contributed by atoms with E-state index in [1.54, 1.807) is 12.1 Å². The molecule has 2 aromatic carbocycles. The van der Waals surface area contributed by atoms with Gasteiger partial charge in [-0.2, -0.15) is 0 Å². The number of aliphatic hydroxyl groups excluding tert-OH is 1. The zero-order valence-corrected chi connectivity index (χ0v) is 13.3. The van der Waals surface area contributed by atoms with Crippen LogP contribution in [0.1, 0.15) is 36.5 Å². The Morgan fingerprint density at radius 1 is 1.20 bits per heavy atom. The second kappa shape index (κ2) is 6.70. The maximum Gasteiger partial charge on any atom is 0.148 e. The lowest BCUT2D eigenvalue weighted by Gasteiger charge is -2.18. The van der Waals surface area contributed by atoms with Gasteiger partial charge in [0.05, 0.1) is 11.1 Å². The van der Waals surface area contributed by atoms with Crippen LogP contribution in [0.15, 0.2) is 46.9 Å². The zero-order chi connectivity index (χ0) is 14.7. The van der Waals surface area contributed by atoms with Crippen LogP contribution in [0.4, 0.5) is 4.39 Å². The Labute approximate surface area is 131 Å². The second-order valence-corrected chi connectivity index (χ2v) is 6.06. The minimum Gasteiger partial charge on any atom is -0.388 e. The molecule has 0 aromatic heterocycles. The zero-order valence-electron chi connectivity index (χ0n) is 11.0. The minimum atomic E-state index is -0.879. The highest BCUT2D eigenvalue weighted by Gasteiger charge is 2.19. The molecule has 2 atom stereocenters. The number of hydrogen-bond donors (Lipinski definition) is 1. The van der Waals surface area contributed by atoms with Gasteiger partial charge in [-0.1, -0.05) is 54.9 Å². The van der Waals surface area contributed by atoms with Gasteiger partial charge in [0.2, 0.25) is 0 Å². The van der Waals surface area contributed by atoms with Crippen LogP contribution in [0, 0.1) is 5.82 Å². The lowest BCUT2D eigenvalue weighted by molar-refractivity contribution is 0.155. The van der Waals surface area contributed by atoms with Gasteiger partial charge >= 0.3 is 0 Å². The SMILES string of the molecule is CC(CC(O)c1ccc(Br)c(Cl)c1F)c1ccccc1. The number of rotatable bonds is 4. The molecule has 0 radical (unpaired) electrons. The molecule has 1 N–H and O–H groups in total. The number of hydrogen-bond acceptors (Lipinski definition) is 1. The minimum absolute atomic E-state index is 0.00825. The van der Waals surface area contributed by atoms with E-state index in [9.17, 15) is 9.50 Å². The van der Waals surface area contributed by atoms with Crippen molar-refractivity contribution in [1.29, 1.82) is 0 Å². The summed E-state index contributed by atoms with van der Waals surface area (Å²) in [5.74, 6) is -0.429. The summed E-state index contributed by atoms with van der Waals surface area (Å²) in [6.45, 7) is 2.01. The van der Waals surface area contributed by atoms with Crippen molar-refractivity contribution in [1.82, 2.24) is 0 Å². The van der Waals surface area contributed by atoms with E-state index in [-0.39, 0.29) is 16.5 Å². The summed E-state index contributed by atoms with van der Waals surface area (Å²) in [7, 11) is 0. The van der Waals surface area contributed by atoms with Crippen LogP contribution in [0.25, 0.3) is 0 Å². The van der Waals surface area contributed by atoms with E-state index in [0.717, 1.165) is 5.56 Å². The van der Waals surface area contributed by atoms with E-state index >= 15 is 0 Å². The van der Waals surface area contributed by atoms with Crippen molar-refractivity contribution in [3.05, 3.63) is 68.9 Å². The first-order chi connectivity index (χ1) is 9.50. The third kappa shape index (κ3) is 3.40. The first kappa shape index (κ1) is 15.5. The Kier molecular flexibility index (Phi) is 5.19. The molecule has 0 spiro atoms. The topological polar surface area (TPSA) is 20.2 Å². The molecule has 20 heavy (non-hydrogen) atoms.